The first-order chi connectivity index (χ1) is 5.06. The Morgan fingerprint density at radius 1 is 1.23 bits per heavy atom. The normalized spacial score (nSPS) is 10.9. The van der Waals surface area contributed by atoms with Crippen LogP contribution in [0.1, 0.15) is 0 Å². The molecule has 0 aliphatic heterocycles. The van der Waals surface area contributed by atoms with Gasteiger partial charge in [0.25, 0.3) is 0 Å². The van der Waals surface area contributed by atoms with Gasteiger partial charge in [-0.25, -0.2) is 0 Å². The van der Waals surface area contributed by atoms with Crippen LogP contribution in [-0.4, -0.2) is 61.4 Å². The summed E-state index contributed by atoms with van der Waals surface area (Å²) >= 11 is 0. The Bertz CT molecular complexity index is 189. The summed E-state index contributed by atoms with van der Waals surface area (Å²) in [6, 6.07) is 0. The molecule has 0 aliphatic carbocycles. The zero-order chi connectivity index (χ0) is 10.4. The van der Waals surface area contributed by atoms with Crippen LogP contribution < -0.4 is 0 Å². The van der Waals surface area contributed by atoms with Crippen LogP contribution in [0.15, 0.2) is 0 Å². The average molecular weight is 256 g/mol. The number of nitrogens with zero attached hydrogens (tertiary/aromatic N) is 1. The number of hydrogen-bond donors (Lipinski definition) is 1. The van der Waals surface area contributed by atoms with Gasteiger partial charge in [0.05, 0.1) is 27.7 Å². The van der Waals surface area contributed by atoms with Gasteiger partial charge in [-0.15, -0.1) is 0 Å². The molecule has 6 nitrogen and oxygen atoms in total. The molecule has 1 N–H and O–H groups in total. The van der Waals surface area contributed by atoms with Gasteiger partial charge in [0.2, 0.25) is 0 Å². The predicted molar refractivity (Wildman–Crippen MR) is 40.5 cm³/mol. The standard InChI is InChI=1S/C5H14NO.Fe.H2O4S/c1-6(2,3)4-5-7;;1-5(2,3)4/h7H,4-5H2,1-3H3;;(H2,1,2,3,4)/q2*+1;/p-2. The first-order valence-electron chi connectivity index (χ1n) is 3.14. The zero-order valence-corrected chi connectivity index (χ0v) is 9.62. The van der Waals surface area contributed by atoms with E-state index < -0.39 is 10.4 Å². The van der Waals surface area contributed by atoms with Crippen LogP contribution in [0.3, 0.4) is 0 Å². The summed E-state index contributed by atoms with van der Waals surface area (Å²) in [5.74, 6) is 0. The molecule has 0 aromatic heterocycles. The van der Waals surface area contributed by atoms with Gasteiger partial charge in [0.1, 0.15) is 6.54 Å². The predicted octanol–water partition coefficient (Wildman–Crippen LogP) is -1.66. The van der Waals surface area contributed by atoms with Gasteiger partial charge in [-0.2, -0.15) is 0 Å². The minimum absolute atomic E-state index is 0. The molecule has 13 heavy (non-hydrogen) atoms. The third-order valence-electron chi connectivity index (χ3n) is 0.771. The number of aliphatic hydroxyl groups excluding tert-OH is 1. The summed E-state index contributed by atoms with van der Waals surface area (Å²) in [5.41, 5.74) is 0. The van der Waals surface area contributed by atoms with E-state index in [1.165, 1.54) is 0 Å². The molecule has 0 amide bonds. The summed E-state index contributed by atoms with van der Waals surface area (Å²) in [6.45, 7) is 1.11. The fraction of sp³-hybridized carbons (Fsp3) is 1.00. The first kappa shape index (κ1) is 19.0. The Hall–Kier alpha value is 0.309. The summed E-state index contributed by atoms with van der Waals surface area (Å²) in [7, 11) is 0.989. The number of aliphatic hydroxyl groups is 1. The largest absolute Gasteiger partial charge is 1.00 e. The molecule has 83 valence electrons. The number of rotatable bonds is 2. The van der Waals surface area contributed by atoms with Gasteiger partial charge < -0.3 is 18.7 Å². The van der Waals surface area contributed by atoms with Crippen molar-refractivity contribution in [1.29, 1.82) is 0 Å². The SMILES string of the molecule is C[N+](C)(C)CCO.O=S(=O)([O-])[O-].[Fe+]. The Morgan fingerprint density at radius 2 is 1.46 bits per heavy atom. The summed E-state index contributed by atoms with van der Waals surface area (Å²) in [6.07, 6.45) is 0. The molecule has 0 heterocycles. The fourth-order valence-electron chi connectivity index (χ4n) is 0.300. The van der Waals surface area contributed by atoms with Gasteiger partial charge >= 0.3 is 17.1 Å². The minimum Gasteiger partial charge on any atom is -0.759 e. The average Bonchev–Trinajstić information content (AvgIpc) is 1.54. The van der Waals surface area contributed by atoms with Crippen LogP contribution in [0.2, 0.25) is 0 Å². The minimum atomic E-state index is -5.17. The van der Waals surface area contributed by atoms with E-state index in [2.05, 4.69) is 21.1 Å². The maximum absolute atomic E-state index is 8.52. The van der Waals surface area contributed by atoms with E-state index in [9.17, 15) is 0 Å². The van der Waals surface area contributed by atoms with E-state index in [0.717, 1.165) is 11.0 Å². The van der Waals surface area contributed by atoms with E-state index in [1.807, 2.05) is 0 Å². The molecular formula is C5H14FeNO5S. The van der Waals surface area contributed by atoms with Crippen molar-refractivity contribution in [2.24, 2.45) is 0 Å². The van der Waals surface area contributed by atoms with Gasteiger partial charge in [-0.3, -0.25) is 8.42 Å². The molecule has 8 heteroatoms. The molecule has 0 aromatic rings. The monoisotopic (exact) mass is 256 g/mol. The summed E-state index contributed by atoms with van der Waals surface area (Å²) in [4.78, 5) is 0. The van der Waals surface area contributed by atoms with E-state index in [-0.39, 0.29) is 23.7 Å². The quantitative estimate of drug-likeness (QED) is 0.276. The van der Waals surface area contributed by atoms with Crippen molar-refractivity contribution in [3.8, 4) is 0 Å². The first-order valence-corrected chi connectivity index (χ1v) is 4.47. The second kappa shape index (κ2) is 7.69. The molecule has 0 fully saturated rings. The van der Waals surface area contributed by atoms with E-state index in [4.69, 9.17) is 22.6 Å². The van der Waals surface area contributed by atoms with Crippen LogP contribution in [0, 0.1) is 0 Å². The van der Waals surface area contributed by atoms with E-state index in [0.29, 0.717) is 0 Å². The Kier molecular flexibility index (Phi) is 11.2. The maximum atomic E-state index is 8.52. The third kappa shape index (κ3) is 70.4. The van der Waals surface area contributed by atoms with Gasteiger partial charge in [0, 0.05) is 10.4 Å². The summed E-state index contributed by atoms with van der Waals surface area (Å²) < 4.78 is 34.9. The maximum Gasteiger partial charge on any atom is 1.00 e. The molecule has 0 saturated carbocycles. The summed E-state index contributed by atoms with van der Waals surface area (Å²) in [5, 5.41) is 8.39. The molecule has 0 rings (SSSR count). The van der Waals surface area contributed by atoms with Crippen LogP contribution in [0.5, 0.6) is 0 Å². The molecule has 0 bridgehead atoms. The smallest absolute Gasteiger partial charge is 0.759 e. The Labute approximate surface area is 89.2 Å². The van der Waals surface area contributed by atoms with Crippen molar-refractivity contribution in [2.75, 3.05) is 34.3 Å². The van der Waals surface area contributed by atoms with Crippen molar-refractivity contribution in [2.45, 2.75) is 0 Å². The van der Waals surface area contributed by atoms with Crippen LogP contribution in [0.25, 0.3) is 0 Å². The topological polar surface area (TPSA) is 100 Å². The van der Waals surface area contributed by atoms with Crippen molar-refractivity contribution in [3.63, 3.8) is 0 Å². The number of hydrogen-bond acceptors (Lipinski definition) is 5. The van der Waals surface area contributed by atoms with Crippen LogP contribution >= 0.6 is 0 Å². The van der Waals surface area contributed by atoms with Crippen molar-refractivity contribution >= 4 is 10.4 Å². The van der Waals surface area contributed by atoms with Crippen molar-refractivity contribution < 1.29 is 44.2 Å². The second-order valence-electron chi connectivity index (χ2n) is 3.15. The second-order valence-corrected chi connectivity index (χ2v) is 3.96. The van der Waals surface area contributed by atoms with Crippen molar-refractivity contribution in [1.82, 2.24) is 0 Å². The molecular weight excluding hydrogens is 242 g/mol. The van der Waals surface area contributed by atoms with E-state index in [1.54, 1.807) is 0 Å². The molecule has 0 aliphatic rings. The molecule has 0 saturated heterocycles. The number of likely N-dealkylation sites (N-methyl/N-ethyl adjacent to an activating group) is 1. The van der Waals surface area contributed by atoms with Gasteiger partial charge in [0.15, 0.2) is 0 Å². The molecule has 0 spiro atoms. The van der Waals surface area contributed by atoms with Crippen LogP contribution in [-0.2, 0) is 27.5 Å². The Morgan fingerprint density at radius 3 is 1.46 bits per heavy atom. The Balaban J connectivity index is -0.000000150. The number of quaternary nitrogens is 1. The van der Waals surface area contributed by atoms with Crippen molar-refractivity contribution in [3.05, 3.63) is 0 Å². The molecule has 1 radical (unpaired) electrons. The van der Waals surface area contributed by atoms with Gasteiger partial charge in [-0.1, -0.05) is 0 Å². The molecule has 0 unspecified atom stereocenters. The van der Waals surface area contributed by atoms with Crippen LogP contribution in [0.4, 0.5) is 0 Å². The van der Waals surface area contributed by atoms with Gasteiger partial charge in [-0.05, 0) is 0 Å². The fourth-order valence-corrected chi connectivity index (χ4v) is 0.300. The van der Waals surface area contributed by atoms with E-state index >= 15 is 0 Å². The zero-order valence-electron chi connectivity index (χ0n) is 7.70. The molecule has 0 aromatic carbocycles. The molecule has 0 atom stereocenters. The third-order valence-corrected chi connectivity index (χ3v) is 0.771.